The second-order valence-corrected chi connectivity index (χ2v) is 7.53. The van der Waals surface area contributed by atoms with E-state index in [1.54, 1.807) is 0 Å². The average Bonchev–Trinajstić information content (AvgIpc) is 3.28. The van der Waals surface area contributed by atoms with E-state index in [4.69, 9.17) is 11.6 Å². The molecule has 0 aliphatic carbocycles. The van der Waals surface area contributed by atoms with E-state index in [-0.39, 0.29) is 5.02 Å². The number of rotatable bonds is 6. The lowest BCUT2D eigenvalue weighted by Gasteiger charge is -2.35. The van der Waals surface area contributed by atoms with Gasteiger partial charge in [0.25, 0.3) is 0 Å². The summed E-state index contributed by atoms with van der Waals surface area (Å²) in [6.45, 7) is -0.971. The fraction of sp³-hybridized carbons (Fsp3) is 0.143. The van der Waals surface area contributed by atoms with E-state index in [9.17, 15) is 18.3 Å². The van der Waals surface area contributed by atoms with Gasteiger partial charge in [0.05, 0.1) is 11.6 Å². The van der Waals surface area contributed by atoms with Crippen LogP contribution in [0.1, 0.15) is 11.3 Å². The molecule has 1 N–H and O–H groups in total. The lowest BCUT2D eigenvalue weighted by molar-refractivity contribution is -0.207. The van der Waals surface area contributed by atoms with E-state index >= 15 is 8.78 Å². The summed E-state index contributed by atoms with van der Waals surface area (Å²) in [6.07, 6.45) is 2.00. The first-order chi connectivity index (χ1) is 15.6. The van der Waals surface area contributed by atoms with Gasteiger partial charge in [-0.2, -0.15) is 8.78 Å². The number of aromatic nitrogens is 5. The maximum absolute atomic E-state index is 15.7. The van der Waals surface area contributed by atoms with Gasteiger partial charge in [0.1, 0.15) is 29.5 Å². The summed E-state index contributed by atoms with van der Waals surface area (Å²) in [5, 5.41) is 21.1. The van der Waals surface area contributed by atoms with E-state index < -0.39 is 46.8 Å². The molecule has 4 aromatic rings. The SMILES string of the molecule is OC(Cn1cnnn1)(c1ccc(F)cc1F)C(F)(F)c1ccc(-c2ccc(Cl)c(F)c2)cn1. The zero-order chi connectivity index (χ0) is 23.8. The normalized spacial score (nSPS) is 13.7. The summed E-state index contributed by atoms with van der Waals surface area (Å²) in [6, 6.07) is 7.86. The molecule has 170 valence electrons. The first-order valence-electron chi connectivity index (χ1n) is 9.30. The van der Waals surface area contributed by atoms with Gasteiger partial charge >= 0.3 is 5.92 Å². The van der Waals surface area contributed by atoms with Crippen molar-refractivity contribution in [2.45, 2.75) is 18.1 Å². The number of tetrazole rings is 1. The third kappa shape index (κ3) is 4.16. The molecule has 0 saturated carbocycles. The molecule has 0 amide bonds. The Balaban J connectivity index is 1.78. The van der Waals surface area contributed by atoms with Gasteiger partial charge < -0.3 is 5.11 Å². The van der Waals surface area contributed by atoms with Gasteiger partial charge in [-0.15, -0.1) is 5.10 Å². The van der Waals surface area contributed by atoms with E-state index in [1.165, 1.54) is 18.2 Å². The van der Waals surface area contributed by atoms with Crippen LogP contribution in [0.25, 0.3) is 11.1 Å². The Morgan fingerprint density at radius 2 is 1.70 bits per heavy atom. The maximum Gasteiger partial charge on any atom is 0.323 e. The number of benzene rings is 2. The molecule has 6 nitrogen and oxygen atoms in total. The summed E-state index contributed by atoms with van der Waals surface area (Å²) in [5.41, 5.74) is -4.42. The molecule has 4 rings (SSSR count). The number of hydrogen-bond donors (Lipinski definition) is 1. The molecule has 33 heavy (non-hydrogen) atoms. The first kappa shape index (κ1) is 22.7. The quantitative estimate of drug-likeness (QED) is 0.411. The minimum atomic E-state index is -4.19. The number of nitrogens with zero attached hydrogens (tertiary/aromatic N) is 5. The second kappa shape index (κ2) is 8.49. The van der Waals surface area contributed by atoms with Crippen LogP contribution in [0.5, 0.6) is 0 Å². The van der Waals surface area contributed by atoms with Crippen LogP contribution in [-0.4, -0.2) is 30.3 Å². The van der Waals surface area contributed by atoms with E-state index in [2.05, 4.69) is 20.5 Å². The lowest BCUT2D eigenvalue weighted by atomic mass is 9.84. The molecule has 0 spiro atoms. The van der Waals surface area contributed by atoms with Crippen LogP contribution in [0.2, 0.25) is 5.02 Å². The standard InChI is InChI=1S/C21H13ClF5N5O/c22-16-5-1-12(7-18(16)25)13-2-6-19(28-9-13)21(26,27)20(33,10-32-11-29-30-31-32)15-4-3-14(23)8-17(15)24/h1-9,11,33H,10H2. The third-order valence-electron chi connectivity index (χ3n) is 5.02. The summed E-state index contributed by atoms with van der Waals surface area (Å²) < 4.78 is 73.8. The fourth-order valence-corrected chi connectivity index (χ4v) is 3.42. The fourth-order valence-electron chi connectivity index (χ4n) is 3.30. The molecule has 12 heteroatoms. The Bertz CT molecular complexity index is 1290. The molecule has 2 heterocycles. The van der Waals surface area contributed by atoms with Gasteiger partial charge in [-0.25, -0.2) is 17.9 Å². The lowest BCUT2D eigenvalue weighted by Crippen LogP contribution is -2.48. The monoisotopic (exact) mass is 481 g/mol. The van der Waals surface area contributed by atoms with Gasteiger partial charge in [0.2, 0.25) is 0 Å². The number of pyridine rings is 1. The average molecular weight is 482 g/mol. The van der Waals surface area contributed by atoms with E-state index in [1.807, 2.05) is 0 Å². The molecular weight excluding hydrogens is 469 g/mol. The van der Waals surface area contributed by atoms with Gasteiger partial charge in [-0.3, -0.25) is 4.98 Å². The van der Waals surface area contributed by atoms with Crippen LogP contribution < -0.4 is 0 Å². The topological polar surface area (TPSA) is 76.7 Å². The minimum absolute atomic E-state index is 0.108. The highest BCUT2D eigenvalue weighted by molar-refractivity contribution is 6.30. The van der Waals surface area contributed by atoms with Crippen molar-refractivity contribution < 1.29 is 27.1 Å². The Morgan fingerprint density at radius 1 is 0.939 bits per heavy atom. The molecule has 2 aromatic carbocycles. The smallest absolute Gasteiger partial charge is 0.323 e. The van der Waals surface area contributed by atoms with Crippen molar-refractivity contribution >= 4 is 11.6 Å². The van der Waals surface area contributed by atoms with Crippen LogP contribution in [0, 0.1) is 17.5 Å². The number of alkyl halides is 2. The molecular formula is C21H13ClF5N5O. The molecule has 0 fully saturated rings. The second-order valence-electron chi connectivity index (χ2n) is 7.13. The Morgan fingerprint density at radius 3 is 2.30 bits per heavy atom. The van der Waals surface area contributed by atoms with E-state index in [0.717, 1.165) is 35.4 Å². The van der Waals surface area contributed by atoms with Gasteiger partial charge in [-0.1, -0.05) is 23.7 Å². The molecule has 1 atom stereocenters. The number of aliphatic hydroxyl groups is 1. The van der Waals surface area contributed by atoms with Crippen LogP contribution in [0.3, 0.4) is 0 Å². The summed E-state index contributed by atoms with van der Waals surface area (Å²) >= 11 is 5.65. The van der Waals surface area contributed by atoms with Crippen molar-refractivity contribution in [3.8, 4) is 11.1 Å². The summed E-state index contributed by atoms with van der Waals surface area (Å²) in [5.74, 6) is -7.30. The molecule has 0 bridgehead atoms. The van der Waals surface area contributed by atoms with Crippen LogP contribution in [-0.2, 0) is 18.1 Å². The number of halogens is 6. The van der Waals surface area contributed by atoms with Crippen molar-refractivity contribution in [1.82, 2.24) is 25.2 Å². The van der Waals surface area contributed by atoms with Crippen molar-refractivity contribution in [3.05, 3.63) is 94.8 Å². The predicted octanol–water partition coefficient (Wildman–Crippen LogP) is 4.49. The van der Waals surface area contributed by atoms with Gasteiger partial charge in [0, 0.05) is 23.4 Å². The van der Waals surface area contributed by atoms with Gasteiger partial charge in [0.15, 0.2) is 5.60 Å². The van der Waals surface area contributed by atoms with Crippen LogP contribution in [0.15, 0.2) is 61.1 Å². The zero-order valence-corrected chi connectivity index (χ0v) is 17.2. The summed E-state index contributed by atoms with van der Waals surface area (Å²) in [7, 11) is 0. The molecule has 0 radical (unpaired) electrons. The van der Waals surface area contributed by atoms with Crippen molar-refractivity contribution in [2.24, 2.45) is 0 Å². The molecule has 0 saturated heterocycles. The van der Waals surface area contributed by atoms with Crippen molar-refractivity contribution in [2.75, 3.05) is 0 Å². The molecule has 2 aromatic heterocycles. The minimum Gasteiger partial charge on any atom is -0.377 e. The van der Waals surface area contributed by atoms with Crippen LogP contribution >= 0.6 is 11.6 Å². The van der Waals surface area contributed by atoms with Crippen molar-refractivity contribution in [3.63, 3.8) is 0 Å². The summed E-state index contributed by atoms with van der Waals surface area (Å²) in [4.78, 5) is 3.72. The third-order valence-corrected chi connectivity index (χ3v) is 5.32. The Kier molecular flexibility index (Phi) is 5.85. The highest BCUT2D eigenvalue weighted by Gasteiger charge is 2.58. The van der Waals surface area contributed by atoms with Crippen LogP contribution in [0.4, 0.5) is 22.0 Å². The highest BCUT2D eigenvalue weighted by atomic mass is 35.5. The largest absolute Gasteiger partial charge is 0.377 e. The first-order valence-corrected chi connectivity index (χ1v) is 9.68. The Hall–Kier alpha value is -3.44. The highest BCUT2D eigenvalue weighted by Crippen LogP contribution is 2.46. The van der Waals surface area contributed by atoms with Gasteiger partial charge in [-0.05, 0) is 46.3 Å². The van der Waals surface area contributed by atoms with E-state index in [0.29, 0.717) is 23.3 Å². The maximum atomic E-state index is 15.7. The Labute approximate surface area is 188 Å². The zero-order valence-electron chi connectivity index (χ0n) is 16.4. The molecule has 0 aliphatic heterocycles. The van der Waals surface area contributed by atoms with Crippen molar-refractivity contribution in [1.29, 1.82) is 0 Å². The molecule has 1 unspecified atom stereocenters. The molecule has 0 aliphatic rings. The number of hydrogen-bond acceptors (Lipinski definition) is 5. The predicted molar refractivity (Wildman–Crippen MR) is 107 cm³/mol.